The molecule has 2 N–H and O–H groups in total. The van der Waals surface area contributed by atoms with Crippen molar-refractivity contribution < 1.29 is 28.4 Å². The molecule has 1 aromatic carbocycles. The Kier molecular flexibility index (Phi) is 9.49. The third-order valence-electron chi connectivity index (χ3n) is 5.01. The van der Waals surface area contributed by atoms with E-state index in [2.05, 4.69) is 5.32 Å². The van der Waals surface area contributed by atoms with Gasteiger partial charge in [0.1, 0.15) is 18.8 Å². The fourth-order valence-corrected chi connectivity index (χ4v) is 3.04. The van der Waals surface area contributed by atoms with Crippen molar-refractivity contribution in [2.24, 2.45) is 0 Å². The van der Waals surface area contributed by atoms with E-state index in [9.17, 15) is 14.7 Å². The first kappa shape index (κ1) is 24.8. The molecule has 0 fully saturated rings. The van der Waals surface area contributed by atoms with Crippen LogP contribution in [0.1, 0.15) is 18.9 Å². The Morgan fingerprint density at radius 2 is 1.76 bits per heavy atom. The molecule has 0 aromatic heterocycles. The molecule has 29 heavy (non-hydrogen) atoms. The van der Waals surface area contributed by atoms with Gasteiger partial charge in [0.15, 0.2) is 6.10 Å². The maximum atomic E-state index is 12.0. The second-order valence-electron chi connectivity index (χ2n) is 8.63. The lowest BCUT2D eigenvalue weighted by atomic mass is 10.2. The Morgan fingerprint density at radius 1 is 1.14 bits per heavy atom. The van der Waals surface area contributed by atoms with Crippen LogP contribution in [0.2, 0.25) is 0 Å². The lowest BCUT2D eigenvalue weighted by Gasteiger charge is -2.34. The lowest BCUT2D eigenvalue weighted by molar-refractivity contribution is -0.899. The summed E-state index contributed by atoms with van der Waals surface area (Å²) in [7, 11) is 9.32. The van der Waals surface area contributed by atoms with Crippen LogP contribution in [-0.4, -0.2) is 93.5 Å². The van der Waals surface area contributed by atoms with Crippen LogP contribution in [0.4, 0.5) is 0 Å². The van der Waals surface area contributed by atoms with Gasteiger partial charge in [-0.2, -0.15) is 0 Å². The highest BCUT2D eigenvalue weighted by molar-refractivity contribution is 5.91. The zero-order valence-corrected chi connectivity index (χ0v) is 18.6. The molecule has 1 aromatic rings. The molecule has 0 bridgehead atoms. The summed E-state index contributed by atoms with van der Waals surface area (Å²) in [5.41, 5.74) is 0.930. The molecule has 162 valence electrons. The summed E-state index contributed by atoms with van der Waals surface area (Å²) in [6, 6.07) is 7.48. The molecular formula is C22H37N3O4+2. The van der Waals surface area contributed by atoms with Crippen molar-refractivity contribution >= 4 is 17.9 Å². The van der Waals surface area contributed by atoms with Crippen LogP contribution in [0.5, 0.6) is 5.75 Å². The van der Waals surface area contributed by atoms with Crippen LogP contribution >= 0.6 is 0 Å². The third-order valence-corrected chi connectivity index (χ3v) is 5.01. The van der Waals surface area contributed by atoms with E-state index in [1.807, 2.05) is 38.4 Å². The van der Waals surface area contributed by atoms with Crippen molar-refractivity contribution in [3.8, 4) is 5.75 Å². The van der Waals surface area contributed by atoms with Crippen molar-refractivity contribution in [3.63, 3.8) is 0 Å². The fourth-order valence-electron chi connectivity index (χ4n) is 3.04. The SMILES string of the molecule is COc1ccc(/C=C/C(=O)NCCC[N+](C)(C)CC(O)C[N+](C)(C)C(C)=O)cc1. The molecule has 0 heterocycles. The van der Waals surface area contributed by atoms with Gasteiger partial charge in [-0.1, -0.05) is 12.1 Å². The predicted octanol–water partition coefficient (Wildman–Crippen LogP) is 1.27. The second kappa shape index (κ2) is 11.1. The van der Waals surface area contributed by atoms with Crippen molar-refractivity contribution in [2.45, 2.75) is 19.4 Å². The van der Waals surface area contributed by atoms with Crippen LogP contribution in [0.15, 0.2) is 30.3 Å². The monoisotopic (exact) mass is 407 g/mol. The van der Waals surface area contributed by atoms with Gasteiger partial charge in [0.2, 0.25) is 5.91 Å². The summed E-state index contributed by atoms with van der Waals surface area (Å²) in [5.74, 6) is 0.674. The zero-order valence-electron chi connectivity index (χ0n) is 18.6. The molecule has 7 heteroatoms. The van der Waals surface area contributed by atoms with Crippen molar-refractivity contribution in [1.82, 2.24) is 5.32 Å². The minimum atomic E-state index is -0.564. The van der Waals surface area contributed by atoms with Gasteiger partial charge in [0.25, 0.3) is 0 Å². The Hall–Kier alpha value is -2.22. The minimum absolute atomic E-state index is 0.0276. The van der Waals surface area contributed by atoms with E-state index >= 15 is 0 Å². The molecule has 0 aliphatic heterocycles. The van der Waals surface area contributed by atoms with Gasteiger partial charge in [-0.3, -0.25) is 9.28 Å². The third kappa shape index (κ3) is 9.69. The number of hydrogen-bond acceptors (Lipinski definition) is 4. The molecular weight excluding hydrogens is 370 g/mol. The summed E-state index contributed by atoms with van der Waals surface area (Å²) in [6.45, 7) is 3.87. The Labute approximate surface area is 174 Å². The van der Waals surface area contributed by atoms with Crippen LogP contribution in [0.25, 0.3) is 6.08 Å². The second-order valence-corrected chi connectivity index (χ2v) is 8.63. The number of likely N-dealkylation sites (N-methyl/N-ethyl adjacent to an activating group) is 2. The summed E-state index contributed by atoms with van der Waals surface area (Å²) in [5, 5.41) is 13.2. The summed E-state index contributed by atoms with van der Waals surface area (Å²) < 4.78 is 5.90. The zero-order chi connectivity index (χ0) is 22.1. The van der Waals surface area contributed by atoms with E-state index < -0.39 is 6.10 Å². The number of nitrogens with zero attached hydrogens (tertiary/aromatic N) is 2. The smallest absolute Gasteiger partial charge is 0.310 e. The molecule has 0 aliphatic carbocycles. The van der Waals surface area contributed by atoms with Crippen LogP contribution in [0, 0.1) is 0 Å². The molecule has 0 radical (unpaired) electrons. The highest BCUT2D eigenvalue weighted by Gasteiger charge is 2.29. The largest absolute Gasteiger partial charge is 0.497 e. The van der Waals surface area contributed by atoms with E-state index in [1.54, 1.807) is 34.2 Å². The average Bonchev–Trinajstić information content (AvgIpc) is 2.62. The van der Waals surface area contributed by atoms with Gasteiger partial charge >= 0.3 is 5.91 Å². The van der Waals surface area contributed by atoms with Gasteiger partial charge in [-0.25, -0.2) is 4.79 Å². The van der Waals surface area contributed by atoms with Crippen LogP contribution in [0.3, 0.4) is 0 Å². The summed E-state index contributed by atoms with van der Waals surface area (Å²) >= 11 is 0. The number of nitrogens with one attached hydrogen (secondary N) is 1. The first-order chi connectivity index (χ1) is 13.4. The molecule has 0 saturated heterocycles. The van der Waals surface area contributed by atoms with Crippen molar-refractivity contribution in [3.05, 3.63) is 35.9 Å². The van der Waals surface area contributed by atoms with E-state index in [1.165, 1.54) is 6.08 Å². The number of hydrogen-bond donors (Lipinski definition) is 2. The maximum absolute atomic E-state index is 12.0. The molecule has 1 rings (SSSR count). The van der Waals surface area contributed by atoms with Gasteiger partial charge in [0, 0.05) is 19.0 Å². The molecule has 0 spiro atoms. The Morgan fingerprint density at radius 3 is 2.31 bits per heavy atom. The van der Waals surface area contributed by atoms with Gasteiger partial charge in [-0.15, -0.1) is 0 Å². The highest BCUT2D eigenvalue weighted by Crippen LogP contribution is 2.12. The van der Waals surface area contributed by atoms with E-state index in [0.717, 1.165) is 24.3 Å². The minimum Gasteiger partial charge on any atom is -0.497 e. The topological polar surface area (TPSA) is 75.6 Å². The standard InChI is InChI=1S/C22H36N3O4/c1-18(26)25(4,5)17-20(27)16-24(2,3)15-7-14-23-22(28)13-10-19-8-11-21(29-6)12-9-19/h8-13,20,27H,7,14-17H2,1-6H3/q+1/p+1/b13-10+. The van der Waals surface area contributed by atoms with E-state index in [0.29, 0.717) is 24.1 Å². The quantitative estimate of drug-likeness (QED) is 0.329. The number of carbonyl (C=O) groups is 2. The number of ether oxygens (including phenoxy) is 1. The summed E-state index contributed by atoms with van der Waals surface area (Å²) in [4.78, 5) is 23.6. The number of methoxy groups -OCH3 is 1. The lowest BCUT2D eigenvalue weighted by Crippen LogP contribution is -2.54. The number of aliphatic hydroxyl groups is 1. The molecule has 2 amide bonds. The van der Waals surface area contributed by atoms with Crippen LogP contribution < -0.4 is 10.1 Å². The molecule has 0 aliphatic rings. The number of amides is 2. The molecule has 0 saturated carbocycles. The maximum Gasteiger partial charge on any atom is 0.310 e. The van der Waals surface area contributed by atoms with Crippen molar-refractivity contribution in [1.29, 1.82) is 0 Å². The number of aliphatic hydroxyl groups excluding tert-OH is 1. The number of carbonyl (C=O) groups excluding carboxylic acids is 2. The normalized spacial score (nSPS) is 13.3. The van der Waals surface area contributed by atoms with Gasteiger partial charge in [0.05, 0.1) is 48.8 Å². The molecule has 1 atom stereocenters. The van der Waals surface area contributed by atoms with E-state index in [4.69, 9.17) is 4.74 Å². The average molecular weight is 408 g/mol. The number of benzene rings is 1. The predicted molar refractivity (Wildman–Crippen MR) is 115 cm³/mol. The Balaban J connectivity index is 2.35. The highest BCUT2D eigenvalue weighted by atomic mass is 16.5. The van der Waals surface area contributed by atoms with Gasteiger partial charge < -0.3 is 19.6 Å². The fraction of sp³-hybridized carbons (Fsp3) is 0.545. The Bertz CT molecular complexity index is 697. The van der Waals surface area contributed by atoms with Crippen molar-refractivity contribution in [2.75, 3.05) is 61.5 Å². The summed E-state index contributed by atoms with van der Waals surface area (Å²) in [6.07, 6.45) is 3.52. The van der Waals surface area contributed by atoms with E-state index in [-0.39, 0.29) is 16.3 Å². The first-order valence-corrected chi connectivity index (χ1v) is 9.89. The molecule has 7 nitrogen and oxygen atoms in total. The van der Waals surface area contributed by atoms with Crippen LogP contribution in [-0.2, 0) is 9.59 Å². The van der Waals surface area contributed by atoms with Gasteiger partial charge in [-0.05, 0) is 23.8 Å². The number of quaternary nitrogens is 2. The molecule has 1 unspecified atom stereocenters. The first-order valence-electron chi connectivity index (χ1n) is 9.89. The number of rotatable bonds is 11.